The maximum absolute atomic E-state index is 2.83. The van der Waals surface area contributed by atoms with Crippen LogP contribution in [0.3, 0.4) is 0 Å². The summed E-state index contributed by atoms with van der Waals surface area (Å²) in [4.78, 5) is 5.66. The topological polar surface area (TPSA) is 6.48 Å². The summed E-state index contributed by atoms with van der Waals surface area (Å²) in [6, 6.07) is 0.834. The monoisotopic (exact) mass is 266 g/mol. The third kappa shape index (κ3) is 3.00. The second kappa shape index (κ2) is 7.08. The molecule has 2 aliphatic rings. The zero-order chi connectivity index (χ0) is 13.7. The van der Waals surface area contributed by atoms with E-state index in [4.69, 9.17) is 0 Å². The molecule has 0 aromatic rings. The first-order valence-corrected chi connectivity index (χ1v) is 8.77. The molecule has 19 heavy (non-hydrogen) atoms. The Kier molecular flexibility index (Phi) is 5.70. The van der Waals surface area contributed by atoms with Crippen molar-refractivity contribution in [3.63, 3.8) is 0 Å². The van der Waals surface area contributed by atoms with E-state index in [0.717, 1.165) is 6.04 Å². The number of likely N-dealkylation sites (tertiary alicyclic amines) is 2. The number of unbranched alkanes of at least 4 members (excludes halogenated alkanes) is 1. The first-order chi connectivity index (χ1) is 9.28. The molecular formula is C17H34N2. The smallest absolute Gasteiger partial charge is 0.0362 e. The molecule has 2 aliphatic heterocycles. The van der Waals surface area contributed by atoms with Gasteiger partial charge in [-0.2, -0.15) is 0 Å². The third-order valence-corrected chi connectivity index (χ3v) is 5.69. The fourth-order valence-corrected chi connectivity index (χ4v) is 4.67. The van der Waals surface area contributed by atoms with Gasteiger partial charge in [0.15, 0.2) is 0 Å². The predicted molar refractivity (Wildman–Crippen MR) is 83.6 cm³/mol. The molecule has 2 unspecified atom stereocenters. The molecule has 2 saturated heterocycles. The lowest BCUT2D eigenvalue weighted by molar-refractivity contribution is -0.0381. The number of rotatable bonds is 6. The van der Waals surface area contributed by atoms with Gasteiger partial charge in [0.2, 0.25) is 0 Å². The lowest BCUT2D eigenvalue weighted by atomic mass is 9.75. The van der Waals surface area contributed by atoms with Crippen molar-refractivity contribution < 1.29 is 0 Å². The van der Waals surface area contributed by atoms with Crippen molar-refractivity contribution in [2.75, 3.05) is 26.2 Å². The van der Waals surface area contributed by atoms with E-state index in [-0.39, 0.29) is 0 Å². The predicted octanol–water partition coefficient (Wildman–Crippen LogP) is 3.91. The Hall–Kier alpha value is -0.0800. The van der Waals surface area contributed by atoms with Gasteiger partial charge in [-0.05, 0) is 64.7 Å². The molecule has 2 heterocycles. The number of hydrogen-bond acceptors (Lipinski definition) is 2. The minimum atomic E-state index is 0.480. The van der Waals surface area contributed by atoms with E-state index in [1.807, 2.05) is 0 Å². The maximum Gasteiger partial charge on any atom is 0.0362 e. The molecule has 2 rings (SSSR count). The number of hydrogen-bond donors (Lipinski definition) is 0. The standard InChI is InChI=1S/C17H34N2/c1-4-7-12-17(5-2)16(18-13-8-9-14-18)11-10-15-19(17)6-3/h16H,4-15H2,1-3H3. The van der Waals surface area contributed by atoms with Gasteiger partial charge < -0.3 is 0 Å². The van der Waals surface area contributed by atoms with E-state index in [2.05, 4.69) is 30.6 Å². The van der Waals surface area contributed by atoms with E-state index in [0.29, 0.717) is 5.54 Å². The first kappa shape index (κ1) is 15.3. The molecule has 0 bridgehead atoms. The summed E-state index contributed by atoms with van der Waals surface area (Å²) in [7, 11) is 0. The van der Waals surface area contributed by atoms with Gasteiger partial charge in [0.05, 0.1) is 0 Å². The van der Waals surface area contributed by atoms with Crippen LogP contribution in [0.15, 0.2) is 0 Å². The summed E-state index contributed by atoms with van der Waals surface area (Å²) < 4.78 is 0. The molecule has 0 radical (unpaired) electrons. The van der Waals surface area contributed by atoms with Crippen molar-refractivity contribution >= 4 is 0 Å². The molecular weight excluding hydrogens is 232 g/mol. The Morgan fingerprint density at radius 3 is 2.32 bits per heavy atom. The Morgan fingerprint density at radius 2 is 1.74 bits per heavy atom. The van der Waals surface area contributed by atoms with Crippen molar-refractivity contribution in [1.82, 2.24) is 9.80 Å². The number of piperidine rings is 1. The van der Waals surface area contributed by atoms with Crippen LogP contribution in [0.5, 0.6) is 0 Å². The normalized spacial score (nSPS) is 33.9. The number of likely N-dealkylation sites (N-methyl/N-ethyl adjacent to an activating group) is 1. The van der Waals surface area contributed by atoms with Gasteiger partial charge >= 0.3 is 0 Å². The minimum absolute atomic E-state index is 0.480. The summed E-state index contributed by atoms with van der Waals surface area (Å²) in [5.74, 6) is 0. The zero-order valence-electron chi connectivity index (χ0n) is 13.5. The molecule has 2 fully saturated rings. The van der Waals surface area contributed by atoms with Crippen molar-refractivity contribution in [3.05, 3.63) is 0 Å². The van der Waals surface area contributed by atoms with Crippen LogP contribution in [0, 0.1) is 0 Å². The maximum atomic E-state index is 2.83. The molecule has 112 valence electrons. The van der Waals surface area contributed by atoms with Gasteiger partial charge in [0.1, 0.15) is 0 Å². The second-order valence-electron chi connectivity index (χ2n) is 6.54. The van der Waals surface area contributed by atoms with E-state index >= 15 is 0 Å². The average molecular weight is 266 g/mol. The summed E-state index contributed by atoms with van der Waals surface area (Å²) in [6.07, 6.45) is 11.2. The van der Waals surface area contributed by atoms with E-state index < -0.39 is 0 Å². The lowest BCUT2D eigenvalue weighted by Gasteiger charge is -2.55. The lowest BCUT2D eigenvalue weighted by Crippen LogP contribution is -2.64. The van der Waals surface area contributed by atoms with Crippen molar-refractivity contribution in [2.24, 2.45) is 0 Å². The molecule has 0 N–H and O–H groups in total. The molecule has 2 nitrogen and oxygen atoms in total. The molecule has 2 heteroatoms. The Balaban J connectivity index is 2.19. The van der Waals surface area contributed by atoms with Crippen LogP contribution in [0.25, 0.3) is 0 Å². The number of nitrogens with zero attached hydrogens (tertiary/aromatic N) is 2. The van der Waals surface area contributed by atoms with E-state index in [1.54, 1.807) is 0 Å². The SMILES string of the molecule is CCCCC1(CC)C(N2CCCC2)CCCN1CC. The summed E-state index contributed by atoms with van der Waals surface area (Å²) in [6.45, 7) is 12.4. The van der Waals surface area contributed by atoms with Crippen LogP contribution in [-0.4, -0.2) is 47.6 Å². The summed E-state index contributed by atoms with van der Waals surface area (Å²) >= 11 is 0. The summed E-state index contributed by atoms with van der Waals surface area (Å²) in [5.41, 5.74) is 0.480. The molecule has 0 aromatic carbocycles. The fraction of sp³-hybridized carbons (Fsp3) is 1.00. The van der Waals surface area contributed by atoms with Gasteiger partial charge in [0.25, 0.3) is 0 Å². The Morgan fingerprint density at radius 1 is 1.00 bits per heavy atom. The van der Waals surface area contributed by atoms with E-state index in [1.165, 1.54) is 77.5 Å². The molecule has 0 aromatic heterocycles. The second-order valence-corrected chi connectivity index (χ2v) is 6.54. The van der Waals surface area contributed by atoms with Crippen LogP contribution in [0.4, 0.5) is 0 Å². The highest BCUT2D eigenvalue weighted by molar-refractivity contribution is 5.04. The van der Waals surface area contributed by atoms with E-state index in [9.17, 15) is 0 Å². The highest BCUT2D eigenvalue weighted by Gasteiger charge is 2.46. The average Bonchev–Trinajstić information content (AvgIpc) is 2.98. The minimum Gasteiger partial charge on any atom is -0.299 e. The molecule has 0 spiro atoms. The van der Waals surface area contributed by atoms with Crippen molar-refractivity contribution in [3.8, 4) is 0 Å². The van der Waals surface area contributed by atoms with Crippen molar-refractivity contribution in [2.45, 2.75) is 83.7 Å². The molecule has 0 aliphatic carbocycles. The fourth-order valence-electron chi connectivity index (χ4n) is 4.67. The molecule has 0 saturated carbocycles. The summed E-state index contributed by atoms with van der Waals surface area (Å²) in [5, 5.41) is 0. The van der Waals surface area contributed by atoms with Gasteiger partial charge in [-0.15, -0.1) is 0 Å². The highest BCUT2D eigenvalue weighted by atomic mass is 15.3. The molecule has 0 amide bonds. The van der Waals surface area contributed by atoms with Gasteiger partial charge in [0, 0.05) is 11.6 Å². The highest BCUT2D eigenvalue weighted by Crippen LogP contribution is 2.39. The molecule has 2 atom stereocenters. The zero-order valence-corrected chi connectivity index (χ0v) is 13.5. The van der Waals surface area contributed by atoms with Crippen molar-refractivity contribution in [1.29, 1.82) is 0 Å². The largest absolute Gasteiger partial charge is 0.299 e. The van der Waals surface area contributed by atoms with Crippen LogP contribution in [0.1, 0.15) is 72.1 Å². The van der Waals surface area contributed by atoms with Crippen LogP contribution < -0.4 is 0 Å². The van der Waals surface area contributed by atoms with Gasteiger partial charge in [-0.25, -0.2) is 0 Å². The third-order valence-electron chi connectivity index (χ3n) is 5.69. The Labute approximate surface area is 120 Å². The first-order valence-electron chi connectivity index (χ1n) is 8.77. The quantitative estimate of drug-likeness (QED) is 0.719. The van der Waals surface area contributed by atoms with Crippen LogP contribution in [0.2, 0.25) is 0 Å². The Bertz CT molecular complexity index is 260. The van der Waals surface area contributed by atoms with Gasteiger partial charge in [-0.1, -0.05) is 33.6 Å². The van der Waals surface area contributed by atoms with Crippen LogP contribution >= 0.6 is 0 Å². The van der Waals surface area contributed by atoms with Gasteiger partial charge in [-0.3, -0.25) is 9.80 Å². The van der Waals surface area contributed by atoms with Crippen LogP contribution in [-0.2, 0) is 0 Å².